The van der Waals surface area contributed by atoms with Gasteiger partial charge in [0.2, 0.25) is 11.9 Å². The summed E-state index contributed by atoms with van der Waals surface area (Å²) in [5.74, 6) is -0.00403. The topological polar surface area (TPSA) is 126 Å². The van der Waals surface area contributed by atoms with E-state index in [1.165, 1.54) is 4.57 Å². The molecule has 2 aromatic carbocycles. The number of amidine groups is 1. The van der Waals surface area contributed by atoms with Crippen LogP contribution in [0.25, 0.3) is 10.9 Å². The number of hydrazine groups is 1. The van der Waals surface area contributed by atoms with E-state index in [0.29, 0.717) is 54.8 Å². The second kappa shape index (κ2) is 8.56. The molecule has 11 heteroatoms. The molecule has 1 atom stereocenters. The molecule has 2 aliphatic rings. The molecular weight excluding hydrogens is 456 g/mol. The second-order valence-electron chi connectivity index (χ2n) is 8.29. The van der Waals surface area contributed by atoms with Crippen molar-refractivity contribution in [2.75, 3.05) is 18.5 Å². The smallest absolute Gasteiger partial charge is 0.285 e. The molecule has 176 valence electrons. The fraction of sp³-hybridized carbons (Fsp3) is 0.304. The fourth-order valence-corrected chi connectivity index (χ4v) is 5.70. The number of piperidine rings is 1. The molecule has 2 N–H and O–H groups in total. The Bertz CT molecular complexity index is 1480. The Morgan fingerprint density at radius 1 is 1.15 bits per heavy atom. The predicted molar refractivity (Wildman–Crippen MR) is 128 cm³/mol. The highest BCUT2D eigenvalue weighted by Gasteiger charge is 2.35. The Hall–Kier alpha value is -3.73. The van der Waals surface area contributed by atoms with E-state index in [0.717, 1.165) is 0 Å². The molecule has 3 heterocycles. The number of likely N-dealkylation sites (tertiary alicyclic amines) is 1. The van der Waals surface area contributed by atoms with E-state index < -0.39 is 10.0 Å². The van der Waals surface area contributed by atoms with Crippen LogP contribution in [0.2, 0.25) is 0 Å². The molecule has 5 rings (SSSR count). The first-order valence-electron chi connectivity index (χ1n) is 11.1. The highest BCUT2D eigenvalue weighted by Crippen LogP contribution is 2.29. The number of amides is 1. The zero-order valence-corrected chi connectivity index (χ0v) is 19.4. The molecule has 0 spiro atoms. The van der Waals surface area contributed by atoms with E-state index in [1.807, 2.05) is 11.8 Å². The lowest BCUT2D eigenvalue weighted by atomic mass is 9.96. The summed E-state index contributed by atoms with van der Waals surface area (Å²) in [6, 6.07) is 13.8. The van der Waals surface area contributed by atoms with Crippen LogP contribution in [0, 0.1) is 5.92 Å². The summed E-state index contributed by atoms with van der Waals surface area (Å²) in [6.45, 7) is 3.17. The summed E-state index contributed by atoms with van der Waals surface area (Å²) < 4.78 is 30.3. The molecule has 1 fully saturated rings. The molecule has 2 aliphatic heterocycles. The molecule has 0 bridgehead atoms. The third kappa shape index (κ3) is 3.81. The first-order chi connectivity index (χ1) is 16.4. The number of fused-ring (bicyclic) bond motifs is 2. The number of anilines is 1. The molecule has 1 saturated heterocycles. The number of aromatic nitrogens is 2. The van der Waals surface area contributed by atoms with Gasteiger partial charge >= 0.3 is 0 Å². The standard InChI is InChI=1S/C23H24N6O4S/c1-2-29-22(31)16-9-3-5-11-18(16)24-23(29)26-25-21(30)15-8-7-13-28(14-15)20-17-10-4-6-12-19(17)34(32,33)27-20/h3-6,9-12,15H,2,7-8,13-14H2,1H3,(H,24,26)(H,25,30)/t15-/m1/s1. The summed E-state index contributed by atoms with van der Waals surface area (Å²) >= 11 is 0. The van der Waals surface area contributed by atoms with Gasteiger partial charge in [0.25, 0.3) is 15.6 Å². The maximum absolute atomic E-state index is 13.0. The van der Waals surface area contributed by atoms with Gasteiger partial charge in [0.1, 0.15) is 4.90 Å². The predicted octanol–water partition coefficient (Wildman–Crippen LogP) is 1.72. The zero-order chi connectivity index (χ0) is 23.9. The number of sulfonamides is 1. The molecule has 0 unspecified atom stereocenters. The van der Waals surface area contributed by atoms with E-state index in [-0.39, 0.29) is 28.2 Å². The Morgan fingerprint density at radius 3 is 2.74 bits per heavy atom. The number of para-hydroxylation sites is 1. The van der Waals surface area contributed by atoms with Gasteiger partial charge in [0, 0.05) is 25.2 Å². The number of nitrogens with one attached hydrogen (secondary N) is 2. The van der Waals surface area contributed by atoms with Crippen molar-refractivity contribution in [1.29, 1.82) is 0 Å². The Balaban J connectivity index is 1.33. The maximum atomic E-state index is 13.0. The van der Waals surface area contributed by atoms with Gasteiger partial charge < -0.3 is 4.90 Å². The number of carbonyl (C=O) groups excluding carboxylic acids is 1. The molecule has 34 heavy (non-hydrogen) atoms. The highest BCUT2D eigenvalue weighted by atomic mass is 32.2. The fourth-order valence-electron chi connectivity index (χ4n) is 4.48. The molecule has 10 nitrogen and oxygen atoms in total. The summed E-state index contributed by atoms with van der Waals surface area (Å²) in [5.41, 5.74) is 6.42. The number of nitrogens with zero attached hydrogens (tertiary/aromatic N) is 4. The van der Waals surface area contributed by atoms with E-state index in [9.17, 15) is 18.0 Å². The van der Waals surface area contributed by atoms with Crippen LogP contribution >= 0.6 is 0 Å². The van der Waals surface area contributed by atoms with Gasteiger partial charge in [-0.05, 0) is 44.0 Å². The zero-order valence-electron chi connectivity index (χ0n) is 18.6. The van der Waals surface area contributed by atoms with E-state index in [2.05, 4.69) is 20.2 Å². The van der Waals surface area contributed by atoms with Gasteiger partial charge in [-0.25, -0.2) is 4.98 Å². The number of rotatable bonds is 4. The van der Waals surface area contributed by atoms with Gasteiger partial charge in [0.05, 0.1) is 16.8 Å². The quantitative estimate of drug-likeness (QED) is 0.545. The second-order valence-corrected chi connectivity index (χ2v) is 9.86. The van der Waals surface area contributed by atoms with Gasteiger partial charge in [-0.15, -0.1) is 4.40 Å². The summed E-state index contributed by atoms with van der Waals surface area (Å²) in [5, 5.41) is 0.511. The third-order valence-electron chi connectivity index (χ3n) is 6.18. The van der Waals surface area contributed by atoms with Crippen LogP contribution < -0.4 is 16.4 Å². The van der Waals surface area contributed by atoms with Crippen molar-refractivity contribution in [3.63, 3.8) is 0 Å². The van der Waals surface area contributed by atoms with Crippen molar-refractivity contribution in [3.8, 4) is 0 Å². The lowest BCUT2D eigenvalue weighted by Gasteiger charge is -2.33. The van der Waals surface area contributed by atoms with Crippen molar-refractivity contribution in [3.05, 3.63) is 64.4 Å². The van der Waals surface area contributed by atoms with Crippen molar-refractivity contribution in [1.82, 2.24) is 19.9 Å². The first-order valence-corrected chi connectivity index (χ1v) is 12.6. The highest BCUT2D eigenvalue weighted by molar-refractivity contribution is 7.90. The number of hydrogen-bond acceptors (Lipinski definition) is 7. The average molecular weight is 481 g/mol. The minimum Gasteiger partial charge on any atom is -0.355 e. The van der Waals surface area contributed by atoms with Crippen molar-refractivity contribution >= 4 is 38.6 Å². The van der Waals surface area contributed by atoms with Crippen LogP contribution in [0.5, 0.6) is 0 Å². The minimum absolute atomic E-state index is 0.187. The summed E-state index contributed by atoms with van der Waals surface area (Å²) in [4.78, 5) is 32.3. The van der Waals surface area contributed by atoms with Crippen LogP contribution in [0.1, 0.15) is 25.3 Å². The van der Waals surface area contributed by atoms with Gasteiger partial charge in [-0.2, -0.15) is 8.42 Å². The largest absolute Gasteiger partial charge is 0.355 e. The van der Waals surface area contributed by atoms with E-state index >= 15 is 0 Å². The minimum atomic E-state index is -3.73. The van der Waals surface area contributed by atoms with Gasteiger partial charge in [-0.1, -0.05) is 24.3 Å². The molecule has 0 aliphatic carbocycles. The monoisotopic (exact) mass is 480 g/mol. The van der Waals surface area contributed by atoms with Crippen molar-refractivity contribution in [2.45, 2.75) is 31.2 Å². The van der Waals surface area contributed by atoms with E-state index in [4.69, 9.17) is 0 Å². The van der Waals surface area contributed by atoms with Crippen molar-refractivity contribution in [2.24, 2.45) is 10.3 Å². The van der Waals surface area contributed by atoms with Crippen LogP contribution in [-0.4, -0.2) is 47.7 Å². The van der Waals surface area contributed by atoms with Crippen LogP contribution in [0.4, 0.5) is 5.95 Å². The Labute approximate surface area is 196 Å². The summed E-state index contributed by atoms with van der Waals surface area (Å²) in [6.07, 6.45) is 1.37. The molecule has 0 radical (unpaired) electrons. The lowest BCUT2D eigenvalue weighted by Crippen LogP contribution is -2.47. The maximum Gasteiger partial charge on any atom is 0.285 e. The summed E-state index contributed by atoms with van der Waals surface area (Å²) in [7, 11) is -3.73. The van der Waals surface area contributed by atoms with Crippen LogP contribution in [0.15, 0.2) is 62.6 Å². The Kier molecular flexibility index (Phi) is 5.56. The number of hydrogen-bond donors (Lipinski definition) is 2. The van der Waals surface area contributed by atoms with Gasteiger partial charge in [0.15, 0.2) is 5.84 Å². The van der Waals surface area contributed by atoms with Crippen molar-refractivity contribution < 1.29 is 13.2 Å². The molecular formula is C23H24N6O4S. The molecule has 1 amide bonds. The SMILES string of the molecule is CCn1c(NNC(=O)[C@@H]2CCCN(C3=NS(=O)(=O)c4ccccc43)C2)nc2ccccc2c1=O. The Morgan fingerprint density at radius 2 is 1.91 bits per heavy atom. The van der Waals surface area contributed by atoms with Crippen LogP contribution in [-0.2, 0) is 21.4 Å². The first kappa shape index (κ1) is 22.1. The van der Waals surface area contributed by atoms with Gasteiger partial charge in [-0.3, -0.25) is 25.0 Å². The number of carbonyl (C=O) groups is 1. The average Bonchev–Trinajstić information content (AvgIpc) is 3.13. The normalized spacial score (nSPS) is 18.9. The third-order valence-corrected chi connectivity index (χ3v) is 7.50. The van der Waals surface area contributed by atoms with Crippen LogP contribution in [0.3, 0.4) is 0 Å². The molecule has 1 aromatic heterocycles. The number of benzene rings is 2. The van der Waals surface area contributed by atoms with E-state index in [1.54, 1.807) is 48.5 Å². The molecule has 3 aromatic rings. The molecule has 0 saturated carbocycles. The lowest BCUT2D eigenvalue weighted by molar-refractivity contribution is -0.125.